The van der Waals surface area contributed by atoms with Gasteiger partial charge >= 0.3 is 0 Å². The smallest absolute Gasteiger partial charge is 0.137 e. The van der Waals surface area contributed by atoms with Crippen LogP contribution in [0.5, 0.6) is 0 Å². The van der Waals surface area contributed by atoms with Gasteiger partial charge in [-0.05, 0) is 49.9 Å². The monoisotopic (exact) mass is 442 g/mol. The predicted molar refractivity (Wildman–Crippen MR) is 130 cm³/mol. The van der Waals surface area contributed by atoms with Crippen LogP contribution < -0.4 is 5.73 Å². The number of benzene rings is 1. The van der Waals surface area contributed by atoms with Gasteiger partial charge in [0.25, 0.3) is 0 Å². The van der Waals surface area contributed by atoms with Gasteiger partial charge in [-0.15, -0.1) is 5.10 Å². The summed E-state index contributed by atoms with van der Waals surface area (Å²) in [7, 11) is 0. The molecule has 1 aromatic carbocycles. The third-order valence-electron chi connectivity index (χ3n) is 6.33. The summed E-state index contributed by atoms with van der Waals surface area (Å²) in [6, 6.07) is 10.1. The van der Waals surface area contributed by atoms with Crippen molar-refractivity contribution in [3.63, 3.8) is 0 Å². The van der Waals surface area contributed by atoms with Crippen LogP contribution in [0.1, 0.15) is 43.4 Å². The van der Waals surface area contributed by atoms with Gasteiger partial charge in [0.2, 0.25) is 0 Å². The zero-order valence-electron chi connectivity index (χ0n) is 19.0. The minimum absolute atomic E-state index is 0.578. The number of hydrogen-bond acceptors (Lipinski definition) is 5. The molecular weight excluding hydrogens is 412 g/mol. The number of nitrogens with zero attached hydrogens (tertiary/aromatic N) is 6. The fraction of sp³-hybridized carbons (Fsp3) is 0.360. The number of hydrogen-bond donors (Lipinski definition) is 2. The lowest BCUT2D eigenvalue weighted by Gasteiger charge is -2.18. The van der Waals surface area contributed by atoms with E-state index in [2.05, 4.69) is 44.7 Å². The van der Waals surface area contributed by atoms with E-state index in [1.54, 1.807) is 0 Å². The highest BCUT2D eigenvalue weighted by Crippen LogP contribution is 2.25. The third kappa shape index (κ3) is 4.80. The average Bonchev–Trinajstić information content (AvgIpc) is 3.59. The summed E-state index contributed by atoms with van der Waals surface area (Å²) in [5.41, 5.74) is 11.4. The highest BCUT2D eigenvalue weighted by atomic mass is 15.4. The number of rotatable bonds is 4. The van der Waals surface area contributed by atoms with Crippen LogP contribution in [0.2, 0.25) is 0 Å². The van der Waals surface area contributed by atoms with Crippen molar-refractivity contribution in [3.8, 4) is 11.3 Å². The Morgan fingerprint density at radius 2 is 1.94 bits per heavy atom. The molecule has 1 saturated carbocycles. The molecule has 8 heteroatoms. The van der Waals surface area contributed by atoms with Crippen molar-refractivity contribution < 1.29 is 0 Å². The molecule has 1 aliphatic carbocycles. The van der Waals surface area contributed by atoms with E-state index in [1.165, 1.54) is 37.7 Å². The number of aryl methyl sites for hydroxylation is 1. The number of aromatic amines is 1. The predicted octanol–water partition coefficient (Wildman–Crippen LogP) is 4.35. The van der Waals surface area contributed by atoms with Gasteiger partial charge in [0.05, 0.1) is 30.1 Å². The third-order valence-corrected chi connectivity index (χ3v) is 6.33. The molecule has 1 aliphatic rings. The maximum Gasteiger partial charge on any atom is 0.137 e. The lowest BCUT2D eigenvalue weighted by molar-refractivity contribution is 0.366. The average molecular weight is 443 g/mol. The Balaban J connectivity index is 0.000000243. The molecule has 8 nitrogen and oxygen atoms in total. The Morgan fingerprint density at radius 3 is 2.76 bits per heavy atom. The highest BCUT2D eigenvalue weighted by Gasteiger charge is 2.11. The van der Waals surface area contributed by atoms with Gasteiger partial charge in [-0.2, -0.15) is 5.10 Å². The number of aromatic nitrogens is 7. The standard InChI is InChI=1S/C18H15N7.C7H15N/c1-12-5-6-18-20-13(9-24(18)8-12)10-25-11-17(22-23-25)14-3-2-4-16-15(14)7-19-21-16;8-6-7-4-2-1-3-5-7/h2-9,11H,10H2,1H3,(H,19,21);7H,1-6,8H2. The van der Waals surface area contributed by atoms with Crippen LogP contribution in [-0.2, 0) is 6.54 Å². The molecule has 0 unspecified atom stereocenters. The summed E-state index contributed by atoms with van der Waals surface area (Å²) >= 11 is 0. The van der Waals surface area contributed by atoms with Crippen molar-refractivity contribution in [3.05, 3.63) is 66.4 Å². The molecule has 0 aliphatic heterocycles. The molecular formula is C25H30N8. The molecule has 5 aromatic rings. The SMILES string of the molecule is Cc1ccc2nc(Cn3cc(-c4cccc5[nH]ncc45)nn3)cn2c1.NCC1CCCCC1. The van der Waals surface area contributed by atoms with E-state index in [0.29, 0.717) is 6.54 Å². The normalized spacial score (nSPS) is 14.5. The minimum Gasteiger partial charge on any atom is -0.330 e. The van der Waals surface area contributed by atoms with Gasteiger partial charge in [0, 0.05) is 23.3 Å². The lowest BCUT2D eigenvalue weighted by Crippen LogP contribution is -2.16. The summed E-state index contributed by atoms with van der Waals surface area (Å²) in [5, 5.41) is 16.7. The van der Waals surface area contributed by atoms with Crippen LogP contribution in [0.3, 0.4) is 0 Å². The maximum absolute atomic E-state index is 5.50. The van der Waals surface area contributed by atoms with Crippen LogP contribution in [0.4, 0.5) is 0 Å². The summed E-state index contributed by atoms with van der Waals surface area (Å²) in [5.74, 6) is 0.865. The lowest BCUT2D eigenvalue weighted by atomic mass is 9.90. The van der Waals surface area contributed by atoms with E-state index < -0.39 is 0 Å². The maximum atomic E-state index is 5.50. The summed E-state index contributed by atoms with van der Waals surface area (Å²) < 4.78 is 3.84. The molecule has 4 heterocycles. The van der Waals surface area contributed by atoms with Gasteiger partial charge in [0.1, 0.15) is 11.3 Å². The second-order valence-electron chi connectivity index (χ2n) is 8.88. The van der Waals surface area contributed by atoms with E-state index in [1.807, 2.05) is 51.9 Å². The fourth-order valence-corrected chi connectivity index (χ4v) is 4.51. The second kappa shape index (κ2) is 9.54. The Bertz CT molecular complexity index is 1340. The molecule has 0 spiro atoms. The molecule has 0 radical (unpaired) electrons. The molecule has 33 heavy (non-hydrogen) atoms. The second-order valence-corrected chi connectivity index (χ2v) is 8.88. The van der Waals surface area contributed by atoms with E-state index >= 15 is 0 Å². The van der Waals surface area contributed by atoms with Crippen LogP contribution in [0.15, 0.2) is 55.1 Å². The van der Waals surface area contributed by atoms with Gasteiger partial charge in [-0.1, -0.05) is 42.7 Å². The highest BCUT2D eigenvalue weighted by molar-refractivity contribution is 5.92. The number of imidazole rings is 1. The number of nitrogens with two attached hydrogens (primary N) is 1. The first-order valence-corrected chi connectivity index (χ1v) is 11.7. The minimum atomic E-state index is 0.578. The van der Waals surface area contributed by atoms with Crippen molar-refractivity contribution in [1.29, 1.82) is 0 Å². The van der Waals surface area contributed by atoms with E-state index in [4.69, 9.17) is 5.73 Å². The van der Waals surface area contributed by atoms with Crippen molar-refractivity contribution in [2.75, 3.05) is 6.54 Å². The van der Waals surface area contributed by atoms with Crippen molar-refractivity contribution >= 4 is 16.6 Å². The van der Waals surface area contributed by atoms with E-state index in [0.717, 1.165) is 46.0 Å². The van der Waals surface area contributed by atoms with Crippen molar-refractivity contribution in [2.45, 2.75) is 45.6 Å². The quantitative estimate of drug-likeness (QED) is 0.431. The van der Waals surface area contributed by atoms with Gasteiger partial charge in [-0.3, -0.25) is 5.10 Å². The Hall–Kier alpha value is -3.52. The molecule has 0 atom stereocenters. The zero-order chi connectivity index (χ0) is 22.6. The molecule has 6 rings (SSSR count). The molecule has 0 amide bonds. The zero-order valence-corrected chi connectivity index (χ0v) is 19.0. The van der Waals surface area contributed by atoms with Crippen molar-refractivity contribution in [2.24, 2.45) is 11.7 Å². The molecule has 1 fully saturated rings. The molecule has 170 valence electrons. The largest absolute Gasteiger partial charge is 0.330 e. The summed E-state index contributed by atoms with van der Waals surface area (Å²) in [6.07, 6.45) is 14.9. The first kappa shape index (κ1) is 21.3. The van der Waals surface area contributed by atoms with Crippen LogP contribution in [-0.4, -0.2) is 41.1 Å². The molecule has 0 saturated heterocycles. The van der Waals surface area contributed by atoms with Crippen LogP contribution in [0.25, 0.3) is 27.8 Å². The number of pyridine rings is 1. The Kier molecular flexibility index (Phi) is 6.17. The van der Waals surface area contributed by atoms with Gasteiger partial charge in [0.15, 0.2) is 0 Å². The summed E-state index contributed by atoms with van der Waals surface area (Å²) in [6.45, 7) is 3.56. The molecule has 3 N–H and O–H groups in total. The number of nitrogens with one attached hydrogen (secondary N) is 1. The molecule has 4 aromatic heterocycles. The Morgan fingerprint density at radius 1 is 1.06 bits per heavy atom. The van der Waals surface area contributed by atoms with Crippen LogP contribution >= 0.6 is 0 Å². The number of H-pyrrole nitrogens is 1. The van der Waals surface area contributed by atoms with Gasteiger partial charge < -0.3 is 10.1 Å². The number of fused-ring (bicyclic) bond motifs is 2. The molecule has 0 bridgehead atoms. The van der Waals surface area contributed by atoms with E-state index in [9.17, 15) is 0 Å². The Labute approximate surface area is 192 Å². The first-order valence-electron chi connectivity index (χ1n) is 11.7. The van der Waals surface area contributed by atoms with Crippen LogP contribution in [0, 0.1) is 12.8 Å². The first-order chi connectivity index (χ1) is 16.2. The van der Waals surface area contributed by atoms with Crippen molar-refractivity contribution in [1.82, 2.24) is 34.6 Å². The topological polar surface area (TPSA) is 103 Å². The van der Waals surface area contributed by atoms with E-state index in [-0.39, 0.29) is 0 Å². The summed E-state index contributed by atoms with van der Waals surface area (Å²) in [4.78, 5) is 4.63. The van der Waals surface area contributed by atoms with Gasteiger partial charge in [-0.25, -0.2) is 9.67 Å². The fourth-order valence-electron chi connectivity index (χ4n) is 4.51.